The van der Waals surface area contributed by atoms with Crippen LogP contribution in [0, 0.1) is 5.92 Å². The monoisotopic (exact) mass is 531 g/mol. The summed E-state index contributed by atoms with van der Waals surface area (Å²) in [6.45, 7) is 4.51. The summed E-state index contributed by atoms with van der Waals surface area (Å²) in [7, 11) is 0. The molecule has 38 heavy (non-hydrogen) atoms. The standard InChI is InChI=1S/C26H28F3N5O4/c1-16(2)13-20(32-19-6-3-17(4-7-19)25(37)30-12-11-24(35)36)15-38-23-10-5-18(14-31-23)21-8-9-22(34-33-21)26(27,28)29/h3-10,14,16,20,32H,11-13,15H2,1-2H3,(H,30,37)(H,35,36)/t20-/m0/s1. The number of nitrogens with zero attached hydrogens (tertiary/aromatic N) is 3. The minimum absolute atomic E-state index is 0.0503. The fraction of sp³-hybridized carbons (Fsp3) is 0.346. The van der Waals surface area contributed by atoms with Gasteiger partial charge < -0.3 is 20.5 Å². The van der Waals surface area contributed by atoms with Crippen LogP contribution in [0.25, 0.3) is 11.3 Å². The molecule has 0 saturated heterocycles. The van der Waals surface area contributed by atoms with E-state index in [2.05, 4.69) is 39.7 Å². The second-order valence-electron chi connectivity index (χ2n) is 8.95. The zero-order chi connectivity index (χ0) is 27.7. The number of aliphatic carboxylic acids is 1. The van der Waals surface area contributed by atoms with Gasteiger partial charge in [0.2, 0.25) is 5.88 Å². The van der Waals surface area contributed by atoms with Gasteiger partial charge >= 0.3 is 12.1 Å². The van der Waals surface area contributed by atoms with Gasteiger partial charge in [0.1, 0.15) is 6.61 Å². The Morgan fingerprint density at radius 3 is 2.32 bits per heavy atom. The normalized spacial score (nSPS) is 12.2. The molecule has 1 amide bonds. The lowest BCUT2D eigenvalue weighted by molar-refractivity contribution is -0.141. The number of carbonyl (C=O) groups is 2. The highest BCUT2D eigenvalue weighted by atomic mass is 19.4. The molecule has 1 aromatic carbocycles. The van der Waals surface area contributed by atoms with Crippen LogP contribution < -0.4 is 15.4 Å². The van der Waals surface area contributed by atoms with E-state index in [0.717, 1.165) is 18.2 Å². The third-order valence-corrected chi connectivity index (χ3v) is 5.32. The van der Waals surface area contributed by atoms with E-state index in [0.29, 0.717) is 29.5 Å². The van der Waals surface area contributed by atoms with Crippen LogP contribution in [-0.2, 0) is 11.0 Å². The Hall–Kier alpha value is -4.22. The van der Waals surface area contributed by atoms with Crippen molar-refractivity contribution >= 4 is 17.6 Å². The molecule has 0 radical (unpaired) electrons. The lowest BCUT2D eigenvalue weighted by atomic mass is 10.0. The summed E-state index contributed by atoms with van der Waals surface area (Å²) in [5.41, 5.74) is 0.898. The van der Waals surface area contributed by atoms with Gasteiger partial charge in [-0.05, 0) is 54.8 Å². The lowest BCUT2D eigenvalue weighted by Crippen LogP contribution is -2.29. The summed E-state index contributed by atoms with van der Waals surface area (Å²) in [6.07, 6.45) is -2.46. The Morgan fingerprint density at radius 1 is 1.03 bits per heavy atom. The highest BCUT2D eigenvalue weighted by Crippen LogP contribution is 2.28. The summed E-state index contributed by atoms with van der Waals surface area (Å²) in [5.74, 6) is -0.624. The maximum absolute atomic E-state index is 12.7. The number of aromatic nitrogens is 3. The average Bonchev–Trinajstić information content (AvgIpc) is 2.87. The number of nitrogens with one attached hydrogen (secondary N) is 2. The minimum atomic E-state index is -4.55. The maximum atomic E-state index is 12.7. The average molecular weight is 532 g/mol. The second kappa shape index (κ2) is 12.8. The van der Waals surface area contributed by atoms with Crippen LogP contribution in [0.15, 0.2) is 54.7 Å². The Morgan fingerprint density at radius 2 is 1.76 bits per heavy atom. The first-order valence-corrected chi connectivity index (χ1v) is 11.9. The van der Waals surface area contributed by atoms with E-state index < -0.39 is 17.8 Å². The Labute approximate surface area is 217 Å². The van der Waals surface area contributed by atoms with Gasteiger partial charge in [-0.25, -0.2) is 4.98 Å². The first-order valence-electron chi connectivity index (χ1n) is 11.9. The number of halogens is 3. The van der Waals surface area contributed by atoms with Crippen LogP contribution in [0.4, 0.5) is 18.9 Å². The Kier molecular flexibility index (Phi) is 9.58. The number of pyridine rings is 1. The maximum Gasteiger partial charge on any atom is 0.435 e. The molecule has 0 unspecified atom stereocenters. The van der Waals surface area contributed by atoms with Crippen LogP contribution in [0.5, 0.6) is 5.88 Å². The van der Waals surface area contributed by atoms with Crippen LogP contribution >= 0.6 is 0 Å². The van der Waals surface area contributed by atoms with E-state index in [1.165, 1.54) is 12.3 Å². The molecule has 1 atom stereocenters. The molecule has 2 heterocycles. The van der Waals surface area contributed by atoms with E-state index >= 15 is 0 Å². The number of alkyl halides is 3. The largest absolute Gasteiger partial charge is 0.481 e. The SMILES string of the molecule is CC(C)C[C@@H](COc1ccc(-c2ccc(C(F)(F)F)nn2)cn1)Nc1ccc(C(=O)NCCC(=O)O)cc1. The number of anilines is 1. The van der Waals surface area contributed by atoms with Crippen molar-refractivity contribution in [3.05, 3.63) is 66.0 Å². The zero-order valence-electron chi connectivity index (χ0n) is 20.8. The molecule has 0 saturated carbocycles. The Bertz CT molecular complexity index is 1200. The van der Waals surface area contributed by atoms with Crippen molar-refractivity contribution in [3.8, 4) is 17.1 Å². The number of carbonyl (C=O) groups excluding carboxylic acids is 1. The number of benzene rings is 1. The first-order chi connectivity index (χ1) is 18.0. The summed E-state index contributed by atoms with van der Waals surface area (Å²) < 4.78 is 43.9. The van der Waals surface area contributed by atoms with Gasteiger partial charge in [0.05, 0.1) is 18.2 Å². The quantitative estimate of drug-likeness (QED) is 0.308. The molecule has 2 aromatic heterocycles. The summed E-state index contributed by atoms with van der Waals surface area (Å²) in [4.78, 5) is 26.9. The molecular formula is C26H28F3N5O4. The number of amides is 1. The van der Waals surface area contributed by atoms with Crippen molar-refractivity contribution < 1.29 is 32.6 Å². The van der Waals surface area contributed by atoms with Crippen LogP contribution in [0.1, 0.15) is 42.7 Å². The van der Waals surface area contributed by atoms with Gasteiger partial charge in [-0.3, -0.25) is 9.59 Å². The molecule has 0 aliphatic rings. The predicted molar refractivity (Wildman–Crippen MR) is 134 cm³/mol. The number of hydrogen-bond acceptors (Lipinski definition) is 7. The molecule has 0 bridgehead atoms. The molecule has 3 aromatic rings. The van der Waals surface area contributed by atoms with Crippen molar-refractivity contribution in [3.63, 3.8) is 0 Å². The lowest BCUT2D eigenvalue weighted by Gasteiger charge is -2.22. The van der Waals surface area contributed by atoms with E-state index in [1.807, 2.05) is 0 Å². The van der Waals surface area contributed by atoms with E-state index in [1.54, 1.807) is 36.4 Å². The van der Waals surface area contributed by atoms with Crippen LogP contribution in [-0.4, -0.2) is 51.4 Å². The molecule has 3 rings (SSSR count). The molecule has 0 spiro atoms. The van der Waals surface area contributed by atoms with Crippen molar-refractivity contribution in [2.45, 2.75) is 38.9 Å². The minimum Gasteiger partial charge on any atom is -0.481 e. The molecule has 0 aliphatic carbocycles. The molecule has 3 N–H and O–H groups in total. The van der Waals surface area contributed by atoms with Crippen molar-refractivity contribution in [1.82, 2.24) is 20.5 Å². The number of ether oxygens (including phenoxy) is 1. The molecule has 0 fully saturated rings. The van der Waals surface area contributed by atoms with Gasteiger partial charge in [0, 0.05) is 35.6 Å². The first kappa shape index (κ1) is 28.4. The molecule has 9 nitrogen and oxygen atoms in total. The zero-order valence-corrected chi connectivity index (χ0v) is 20.8. The fourth-order valence-corrected chi connectivity index (χ4v) is 3.52. The summed E-state index contributed by atoms with van der Waals surface area (Å²) in [5, 5.41) is 21.5. The smallest absolute Gasteiger partial charge is 0.435 e. The number of carboxylic acids is 1. The third kappa shape index (κ3) is 8.71. The molecular weight excluding hydrogens is 503 g/mol. The highest BCUT2D eigenvalue weighted by Gasteiger charge is 2.32. The Balaban J connectivity index is 1.57. The molecule has 0 aliphatic heterocycles. The third-order valence-electron chi connectivity index (χ3n) is 5.32. The summed E-state index contributed by atoms with van der Waals surface area (Å²) in [6, 6.07) is 12.1. The predicted octanol–water partition coefficient (Wildman–Crippen LogP) is 4.67. The topological polar surface area (TPSA) is 126 Å². The van der Waals surface area contributed by atoms with Crippen LogP contribution in [0.2, 0.25) is 0 Å². The van der Waals surface area contributed by atoms with E-state index in [-0.39, 0.29) is 30.6 Å². The number of rotatable bonds is 12. The second-order valence-corrected chi connectivity index (χ2v) is 8.95. The molecule has 202 valence electrons. The van der Waals surface area contributed by atoms with Crippen LogP contribution in [0.3, 0.4) is 0 Å². The van der Waals surface area contributed by atoms with Gasteiger partial charge in [0.25, 0.3) is 5.91 Å². The van der Waals surface area contributed by atoms with Crippen molar-refractivity contribution in [2.24, 2.45) is 5.92 Å². The summed E-state index contributed by atoms with van der Waals surface area (Å²) >= 11 is 0. The van der Waals surface area contributed by atoms with E-state index in [9.17, 15) is 22.8 Å². The van der Waals surface area contributed by atoms with Gasteiger partial charge in [-0.15, -0.1) is 10.2 Å². The number of hydrogen-bond donors (Lipinski definition) is 3. The van der Waals surface area contributed by atoms with Gasteiger partial charge in [0.15, 0.2) is 5.69 Å². The number of carboxylic acid groups (broad SMARTS) is 1. The highest BCUT2D eigenvalue weighted by molar-refractivity contribution is 5.94. The van der Waals surface area contributed by atoms with Gasteiger partial charge in [-0.2, -0.15) is 13.2 Å². The fourth-order valence-electron chi connectivity index (χ4n) is 3.52. The van der Waals surface area contributed by atoms with E-state index in [4.69, 9.17) is 9.84 Å². The van der Waals surface area contributed by atoms with Crippen molar-refractivity contribution in [1.29, 1.82) is 0 Å². The van der Waals surface area contributed by atoms with Gasteiger partial charge in [-0.1, -0.05) is 13.8 Å². The van der Waals surface area contributed by atoms with Crippen molar-refractivity contribution in [2.75, 3.05) is 18.5 Å². The molecule has 12 heteroatoms.